The minimum atomic E-state index is -0.190. The molecule has 2 aromatic rings. The first-order chi connectivity index (χ1) is 16.1. The van der Waals surface area contributed by atoms with Crippen LogP contribution in [-0.4, -0.2) is 59.6 Å². The van der Waals surface area contributed by atoms with Crippen molar-refractivity contribution in [3.05, 3.63) is 30.0 Å². The first kappa shape index (κ1) is 23.2. The van der Waals surface area contributed by atoms with Gasteiger partial charge in [0.1, 0.15) is 0 Å². The number of rotatable bonds is 6. The number of thioether (sulfide) groups is 1. The summed E-state index contributed by atoms with van der Waals surface area (Å²) in [5.41, 5.74) is 8.63. The Morgan fingerprint density at radius 1 is 1.36 bits per heavy atom. The predicted molar refractivity (Wildman–Crippen MR) is 136 cm³/mol. The Labute approximate surface area is 199 Å². The number of hydrogen-bond donors (Lipinski definition) is 3. The largest absolute Gasteiger partial charge is 0.371 e. The van der Waals surface area contributed by atoms with Gasteiger partial charge in [0.2, 0.25) is 5.95 Å². The third-order valence-electron chi connectivity index (χ3n) is 5.80. The zero-order valence-electron chi connectivity index (χ0n) is 19.2. The van der Waals surface area contributed by atoms with Crippen molar-refractivity contribution in [2.75, 3.05) is 42.7 Å². The van der Waals surface area contributed by atoms with Crippen LogP contribution >= 0.6 is 11.8 Å². The minimum Gasteiger partial charge on any atom is -0.371 e. The van der Waals surface area contributed by atoms with E-state index in [0.29, 0.717) is 31.1 Å². The topological polar surface area (TPSA) is 101 Å². The van der Waals surface area contributed by atoms with Crippen LogP contribution in [0.1, 0.15) is 36.7 Å². The summed E-state index contributed by atoms with van der Waals surface area (Å²) in [6.07, 6.45) is 2.83. The van der Waals surface area contributed by atoms with Gasteiger partial charge < -0.3 is 21.3 Å². The molecule has 4 N–H and O–H groups in total. The normalized spacial score (nSPS) is 17.8. The summed E-state index contributed by atoms with van der Waals surface area (Å²) in [5, 5.41) is 6.17. The van der Waals surface area contributed by atoms with E-state index in [9.17, 15) is 4.79 Å². The maximum Gasteiger partial charge on any atom is 0.272 e. The fourth-order valence-electron chi connectivity index (χ4n) is 4.16. The molecule has 1 saturated heterocycles. The van der Waals surface area contributed by atoms with Crippen molar-refractivity contribution in [1.82, 2.24) is 14.9 Å². The van der Waals surface area contributed by atoms with Gasteiger partial charge >= 0.3 is 0 Å². The van der Waals surface area contributed by atoms with Crippen LogP contribution in [0, 0.1) is 11.8 Å². The molecule has 0 spiro atoms. The number of aromatic nitrogens is 2. The zero-order valence-corrected chi connectivity index (χ0v) is 20.0. The minimum absolute atomic E-state index is 0.102. The highest BCUT2D eigenvalue weighted by Crippen LogP contribution is 2.32. The number of anilines is 2. The summed E-state index contributed by atoms with van der Waals surface area (Å²) >= 11 is 1.80. The van der Waals surface area contributed by atoms with Crippen molar-refractivity contribution in [2.45, 2.75) is 43.7 Å². The summed E-state index contributed by atoms with van der Waals surface area (Å²) in [4.78, 5) is 26.3. The lowest BCUT2D eigenvalue weighted by Crippen LogP contribution is -2.44. The Morgan fingerprint density at radius 2 is 2.21 bits per heavy atom. The van der Waals surface area contributed by atoms with Crippen molar-refractivity contribution in [3.63, 3.8) is 0 Å². The molecular formula is C24H31N7OS. The standard InChI is InChI=1S/C24H31N7OS/c1-3-4-13-31-21(22(26-2)29-24(31)30-12-7-8-17(25)16-30)23(32)27-15-18-11-14-33-20-10-6-5-9-19(20)28-18/h5-6,9-10,17,26H,7-8,11-16,25H2,1-2H3,(H,27,32). The number of nitrogens with one attached hydrogen (secondary N) is 2. The molecule has 1 fully saturated rings. The Bertz CT molecular complexity index is 1100. The van der Waals surface area contributed by atoms with E-state index in [1.807, 2.05) is 22.8 Å². The van der Waals surface area contributed by atoms with E-state index in [-0.39, 0.29) is 11.9 Å². The zero-order chi connectivity index (χ0) is 23.2. The number of piperidine rings is 1. The number of nitrogens with zero attached hydrogens (tertiary/aromatic N) is 4. The van der Waals surface area contributed by atoms with E-state index in [1.54, 1.807) is 25.7 Å². The summed E-state index contributed by atoms with van der Waals surface area (Å²) in [6, 6.07) is 8.23. The van der Waals surface area contributed by atoms with Crippen LogP contribution in [0.5, 0.6) is 0 Å². The number of carbonyl (C=O) groups excluding carboxylic acids is 1. The molecule has 0 saturated carbocycles. The van der Waals surface area contributed by atoms with E-state index in [1.165, 1.54) is 4.90 Å². The molecule has 33 heavy (non-hydrogen) atoms. The van der Waals surface area contributed by atoms with Crippen LogP contribution in [0.2, 0.25) is 0 Å². The highest BCUT2D eigenvalue weighted by Gasteiger charge is 2.28. The number of imidazole rings is 1. The lowest BCUT2D eigenvalue weighted by atomic mass is 10.1. The number of benzene rings is 1. The third kappa shape index (κ3) is 5.34. The molecule has 174 valence electrons. The average molecular weight is 466 g/mol. The molecule has 1 aromatic heterocycles. The van der Waals surface area contributed by atoms with Gasteiger partial charge in [-0.15, -0.1) is 17.7 Å². The van der Waals surface area contributed by atoms with Gasteiger partial charge in [-0.05, 0) is 38.3 Å². The molecule has 1 unspecified atom stereocenters. The maximum atomic E-state index is 13.4. The number of aliphatic imine (C=N–C) groups is 1. The Kier molecular flexibility index (Phi) is 7.57. The first-order valence-electron chi connectivity index (χ1n) is 11.4. The van der Waals surface area contributed by atoms with Crippen molar-refractivity contribution in [2.24, 2.45) is 10.7 Å². The third-order valence-corrected chi connectivity index (χ3v) is 6.86. The van der Waals surface area contributed by atoms with Gasteiger partial charge in [0, 0.05) is 42.5 Å². The Balaban J connectivity index is 1.58. The molecule has 9 heteroatoms. The fourth-order valence-corrected chi connectivity index (χ4v) is 5.15. The quantitative estimate of drug-likeness (QED) is 0.567. The average Bonchev–Trinajstić information content (AvgIpc) is 3.07. The predicted octanol–water partition coefficient (Wildman–Crippen LogP) is 2.87. The lowest BCUT2D eigenvalue weighted by Gasteiger charge is -2.31. The van der Waals surface area contributed by atoms with E-state index < -0.39 is 0 Å². The summed E-state index contributed by atoms with van der Waals surface area (Å²) in [7, 11) is 1.78. The van der Waals surface area contributed by atoms with Crippen molar-refractivity contribution in [1.29, 1.82) is 0 Å². The Morgan fingerprint density at radius 3 is 3.00 bits per heavy atom. The molecule has 3 heterocycles. The summed E-state index contributed by atoms with van der Waals surface area (Å²) in [6.45, 7) is 4.16. The van der Waals surface area contributed by atoms with Gasteiger partial charge in [-0.1, -0.05) is 18.1 Å². The number of hydrogen-bond acceptors (Lipinski definition) is 7. The SMILES string of the molecule is CC#CCn1c(N2CCCC(N)C2)nc(NC)c1C(=O)NCC1=Nc2ccccc2SCC1. The molecule has 0 bridgehead atoms. The molecular weight excluding hydrogens is 434 g/mol. The Hall–Kier alpha value is -2.96. The van der Waals surface area contributed by atoms with Crippen LogP contribution in [0.4, 0.5) is 17.5 Å². The highest BCUT2D eigenvalue weighted by molar-refractivity contribution is 7.99. The first-order valence-corrected chi connectivity index (χ1v) is 12.3. The van der Waals surface area contributed by atoms with E-state index >= 15 is 0 Å². The van der Waals surface area contributed by atoms with Gasteiger partial charge in [-0.3, -0.25) is 14.4 Å². The number of fused-ring (bicyclic) bond motifs is 1. The fraction of sp³-hybridized carbons (Fsp3) is 0.458. The van der Waals surface area contributed by atoms with Crippen LogP contribution in [-0.2, 0) is 6.54 Å². The van der Waals surface area contributed by atoms with Crippen LogP contribution in [0.3, 0.4) is 0 Å². The van der Waals surface area contributed by atoms with Crippen molar-refractivity contribution < 1.29 is 4.79 Å². The van der Waals surface area contributed by atoms with Crippen LogP contribution in [0.25, 0.3) is 0 Å². The smallest absolute Gasteiger partial charge is 0.272 e. The summed E-state index contributed by atoms with van der Waals surface area (Å²) < 4.78 is 1.90. The number of amides is 1. The number of carbonyl (C=O) groups is 1. The second-order valence-corrected chi connectivity index (χ2v) is 9.28. The number of para-hydroxylation sites is 1. The molecule has 2 aliphatic heterocycles. The highest BCUT2D eigenvalue weighted by atomic mass is 32.2. The molecule has 0 radical (unpaired) electrons. The monoisotopic (exact) mass is 465 g/mol. The van der Waals surface area contributed by atoms with Gasteiger partial charge in [-0.25, -0.2) is 0 Å². The van der Waals surface area contributed by atoms with Crippen molar-refractivity contribution in [3.8, 4) is 11.8 Å². The molecule has 4 rings (SSSR count). The van der Waals surface area contributed by atoms with Gasteiger partial charge in [0.25, 0.3) is 5.91 Å². The van der Waals surface area contributed by atoms with E-state index in [4.69, 9.17) is 15.7 Å². The molecule has 8 nitrogen and oxygen atoms in total. The van der Waals surface area contributed by atoms with Gasteiger partial charge in [0.05, 0.1) is 18.8 Å². The van der Waals surface area contributed by atoms with Gasteiger partial charge in [-0.2, -0.15) is 4.98 Å². The lowest BCUT2D eigenvalue weighted by molar-refractivity contribution is 0.0951. The molecule has 2 aliphatic rings. The molecule has 1 atom stereocenters. The van der Waals surface area contributed by atoms with Crippen LogP contribution in [0.15, 0.2) is 34.2 Å². The molecule has 1 aromatic carbocycles. The van der Waals surface area contributed by atoms with Crippen molar-refractivity contribution >= 4 is 40.8 Å². The van der Waals surface area contributed by atoms with Crippen LogP contribution < -0.4 is 21.3 Å². The van der Waals surface area contributed by atoms with Gasteiger partial charge in [0.15, 0.2) is 11.5 Å². The van der Waals surface area contributed by atoms with E-state index in [2.05, 4.69) is 33.4 Å². The van der Waals surface area contributed by atoms with E-state index in [0.717, 1.165) is 48.9 Å². The number of nitrogens with two attached hydrogens (primary N) is 1. The second kappa shape index (κ2) is 10.8. The molecule has 1 amide bonds. The summed E-state index contributed by atoms with van der Waals surface area (Å²) in [5.74, 6) is 8.06. The molecule has 0 aliphatic carbocycles. The maximum absolute atomic E-state index is 13.4. The second-order valence-electron chi connectivity index (χ2n) is 8.15.